The normalized spacial score (nSPS) is 16.5. The molecule has 7 heterocycles. The molecule has 110 heavy (non-hydrogen) atoms. The molecule has 0 radical (unpaired) electrons. The molecular formula is C98H174N10S2. The molecule has 0 amide bonds. The molecule has 12 heteroatoms. The number of rotatable bonds is 0. The first-order chi connectivity index (χ1) is 48.7. The van der Waals surface area contributed by atoms with Crippen molar-refractivity contribution < 1.29 is 0 Å². The third-order valence-electron chi connectivity index (χ3n) is 20.6. The second-order valence-corrected chi connectivity index (χ2v) is 50.3. The Morgan fingerprint density at radius 3 is 0.764 bits per heavy atom. The molecular weight excluding hydrogens is 1380 g/mol. The third-order valence-corrected chi connectivity index (χ3v) is 23.7. The van der Waals surface area contributed by atoms with Crippen molar-refractivity contribution in [2.24, 2.45) is 34.0 Å². The third kappa shape index (κ3) is 37.9. The minimum Gasteiger partial charge on any atom is -0.298 e. The molecule has 0 atom stereocenters. The largest absolute Gasteiger partial charge is 0.298 e. The molecule has 2 aliphatic rings. The van der Waals surface area contributed by atoms with Crippen LogP contribution in [-0.4, -0.2) is 68.4 Å². The molecule has 1 aliphatic carbocycles. The van der Waals surface area contributed by atoms with Gasteiger partial charge in [-0.2, -0.15) is 0 Å². The van der Waals surface area contributed by atoms with E-state index in [0.29, 0.717) is 21.8 Å². The number of aromatic nitrogens is 9. The Morgan fingerprint density at radius 2 is 0.564 bits per heavy atom. The van der Waals surface area contributed by atoms with Crippen molar-refractivity contribution in [2.45, 2.75) is 441 Å². The van der Waals surface area contributed by atoms with E-state index >= 15 is 0 Å². The highest BCUT2D eigenvalue weighted by atomic mass is 32.1. The fraction of sp³-hybridized carbons (Fsp3) is 0.765. The summed E-state index contributed by atoms with van der Waals surface area (Å²) in [4.78, 5) is 44.2. The maximum Gasteiger partial charge on any atom is 0.133 e. The zero-order chi connectivity index (χ0) is 86.5. The van der Waals surface area contributed by atoms with E-state index in [4.69, 9.17) is 0 Å². The Kier molecular flexibility index (Phi) is 36.8. The van der Waals surface area contributed by atoms with E-state index in [1.165, 1.54) is 88.9 Å². The summed E-state index contributed by atoms with van der Waals surface area (Å²) in [6.07, 6.45) is 24.1. The van der Waals surface area contributed by atoms with Crippen molar-refractivity contribution in [1.29, 1.82) is 0 Å². The number of likely N-dealkylation sites (tertiary alicyclic amines) is 1. The lowest BCUT2D eigenvalue weighted by atomic mass is 9.64. The van der Waals surface area contributed by atoms with Crippen molar-refractivity contribution in [3.63, 3.8) is 0 Å². The van der Waals surface area contributed by atoms with Crippen molar-refractivity contribution in [1.82, 2.24) is 49.8 Å². The van der Waals surface area contributed by atoms with E-state index in [-0.39, 0.29) is 65.0 Å². The molecule has 0 N–H and O–H groups in total. The van der Waals surface area contributed by atoms with Crippen molar-refractivity contribution in [3.8, 4) is 0 Å². The molecule has 0 aromatic carbocycles. The predicted octanol–water partition coefficient (Wildman–Crippen LogP) is 28.8. The van der Waals surface area contributed by atoms with Gasteiger partial charge < -0.3 is 0 Å². The van der Waals surface area contributed by atoms with Gasteiger partial charge in [-0.1, -0.05) is 318 Å². The highest BCUT2D eigenvalue weighted by Gasteiger charge is 2.36. The summed E-state index contributed by atoms with van der Waals surface area (Å²) in [5, 5.41) is 4.65. The Balaban J connectivity index is 0.000000629. The summed E-state index contributed by atoms with van der Waals surface area (Å²) < 4.78 is 0. The van der Waals surface area contributed by atoms with Crippen LogP contribution < -0.4 is 0 Å². The molecule has 2 fully saturated rings. The fourth-order valence-corrected chi connectivity index (χ4v) is 13.9. The molecule has 1 saturated heterocycles. The number of thiazole rings is 2. The minimum atomic E-state index is 0.0381. The lowest BCUT2D eigenvalue weighted by Crippen LogP contribution is -2.47. The number of hydrogen-bond acceptors (Lipinski definition) is 12. The van der Waals surface area contributed by atoms with E-state index in [2.05, 4.69) is 400 Å². The van der Waals surface area contributed by atoms with Gasteiger partial charge in [0.25, 0.3) is 0 Å². The zero-order valence-electron chi connectivity index (χ0n) is 81.0. The maximum absolute atomic E-state index is 4.67. The molecule has 6 aromatic heterocycles. The van der Waals surface area contributed by atoms with E-state index in [9.17, 15) is 0 Å². The minimum absolute atomic E-state index is 0.0381. The molecule has 1 saturated carbocycles. The van der Waals surface area contributed by atoms with E-state index in [1.54, 1.807) is 11.3 Å². The van der Waals surface area contributed by atoms with Crippen molar-refractivity contribution >= 4 is 22.7 Å². The SMILES string of the molecule is CC(C)(C)C1CCC(C(C)(C)C)CC1.CC(C)(C)C1CCN(C(C)(C)C)CC1.CC(C)(C)c1ccc(C(C)(C)C)nc1.CC(C)(C)c1cnc(C(C)(C)C)cn1.CC(C)(C)c1cnc(C(C)(C)C)nc1.CC(C)(C)c1cnc(C(C)(C)C)nc1.CC(C)(C)c1cnc(C(C)(C)C)s1.CC(C)(C)c1csc(C(C)(C)C)n1. The smallest absolute Gasteiger partial charge is 0.133 e. The molecule has 1 aliphatic heterocycles. The number of pyridine rings is 1. The van der Waals surface area contributed by atoms with Gasteiger partial charge in [-0.15, -0.1) is 22.7 Å². The van der Waals surface area contributed by atoms with Gasteiger partial charge in [0.1, 0.15) is 11.6 Å². The molecule has 0 bridgehead atoms. The number of piperidine rings is 1. The molecule has 628 valence electrons. The van der Waals surface area contributed by atoms with Crippen LogP contribution in [0.2, 0.25) is 0 Å². The lowest BCUT2D eigenvalue weighted by molar-refractivity contribution is 0.0532. The number of hydrogen-bond donors (Lipinski definition) is 0. The molecule has 6 aromatic rings. The first kappa shape index (κ1) is 104. The van der Waals surface area contributed by atoms with Crippen LogP contribution >= 0.6 is 22.7 Å². The highest BCUT2D eigenvalue weighted by molar-refractivity contribution is 7.12. The second kappa shape index (κ2) is 39.0. The van der Waals surface area contributed by atoms with Gasteiger partial charge in [-0.25, -0.2) is 29.9 Å². The topological polar surface area (TPSA) is 119 Å². The van der Waals surface area contributed by atoms with E-state index < -0.39 is 0 Å². The van der Waals surface area contributed by atoms with Gasteiger partial charge in [0.2, 0.25) is 0 Å². The van der Waals surface area contributed by atoms with Gasteiger partial charge in [-0.05, 0) is 151 Å². The van der Waals surface area contributed by atoms with Crippen LogP contribution in [0, 0.1) is 34.0 Å². The Labute approximate surface area is 689 Å². The summed E-state index contributed by atoms with van der Waals surface area (Å²) >= 11 is 3.61. The lowest BCUT2D eigenvalue weighted by Gasteiger charge is -2.44. The van der Waals surface area contributed by atoms with Crippen LogP contribution in [0.25, 0.3) is 0 Å². The van der Waals surface area contributed by atoms with E-state index in [1.807, 2.05) is 60.9 Å². The molecule has 0 spiro atoms. The van der Waals surface area contributed by atoms with Gasteiger partial charge >= 0.3 is 0 Å². The van der Waals surface area contributed by atoms with Gasteiger partial charge in [0.15, 0.2) is 0 Å². The summed E-state index contributed by atoms with van der Waals surface area (Å²) in [5.74, 6) is 4.65. The van der Waals surface area contributed by atoms with Crippen molar-refractivity contribution in [2.75, 3.05) is 13.1 Å². The summed E-state index contributed by atoms with van der Waals surface area (Å²) in [6.45, 7) is 109. The average molecular weight is 1560 g/mol. The van der Waals surface area contributed by atoms with Gasteiger partial charge in [0.05, 0.1) is 27.1 Å². The Bertz CT molecular complexity index is 2940. The summed E-state index contributed by atoms with van der Waals surface area (Å²) in [6, 6.07) is 4.33. The second-order valence-electron chi connectivity index (χ2n) is 48.5. The molecule has 0 unspecified atom stereocenters. The van der Waals surface area contributed by atoms with Gasteiger partial charge in [-0.3, -0.25) is 19.9 Å². The monoisotopic (exact) mass is 1560 g/mol. The predicted molar refractivity (Wildman–Crippen MR) is 487 cm³/mol. The van der Waals surface area contributed by atoms with Crippen LogP contribution in [0.4, 0.5) is 0 Å². The summed E-state index contributed by atoms with van der Waals surface area (Å²) in [7, 11) is 0. The van der Waals surface area contributed by atoms with Crippen LogP contribution in [0.5, 0.6) is 0 Å². The van der Waals surface area contributed by atoms with Crippen LogP contribution in [-0.2, 0) is 65.0 Å². The first-order valence-electron chi connectivity index (χ1n) is 41.8. The van der Waals surface area contributed by atoms with E-state index in [0.717, 1.165) is 46.5 Å². The Morgan fingerprint density at radius 1 is 0.264 bits per heavy atom. The summed E-state index contributed by atoms with van der Waals surface area (Å²) in [5.41, 5.74) is 11.7. The fourth-order valence-electron chi connectivity index (χ4n) is 11.8. The standard InChI is InChI=1S/C14H28.C13H27N.C13H21N.3C12H20N2.2C11H19NS/c1-13(2,3)11-7-9-12(10-8-11)14(4,5)6;1-12(2,3)11-7-9-14(10-8-11)13(4,5)6;1-12(2,3)10-7-8-11(14-9-10)13(4,5)6;1-11(2,3)9-7-14-10(8-13-9)12(4,5)6;2*1-11(2,3)9-7-13-10(14-8-9)12(4,5)6;1-10(2,3)8-7-13-9(12-8)11(4,5)6;1-10(2,3)8-7-12-9(13-8)11(4,5)6/h11-12H,7-10H2,1-6H3;11H,7-10H2,1-6H3;7-9H,1-6H3;3*7-8H,1-6H3;2*7H,1-6H3. The van der Waals surface area contributed by atoms with Crippen LogP contribution in [0.1, 0.15) is 437 Å². The zero-order valence-corrected chi connectivity index (χ0v) is 82.7. The quantitative estimate of drug-likeness (QED) is 0.145. The van der Waals surface area contributed by atoms with Crippen LogP contribution in [0.15, 0.2) is 67.1 Å². The van der Waals surface area contributed by atoms with Crippen LogP contribution in [0.3, 0.4) is 0 Å². The first-order valence-corrected chi connectivity index (χ1v) is 43.5. The molecule has 8 rings (SSSR count). The highest BCUT2D eigenvalue weighted by Crippen LogP contribution is 2.46. The number of nitrogens with zero attached hydrogens (tertiary/aromatic N) is 10. The van der Waals surface area contributed by atoms with Crippen molar-refractivity contribution in [3.05, 3.63) is 133 Å². The average Bonchev–Trinajstić information content (AvgIpc) is 1.48. The Hall–Kier alpha value is -4.39. The van der Waals surface area contributed by atoms with Gasteiger partial charge in [0, 0.05) is 114 Å². The molecule has 10 nitrogen and oxygen atoms in total. The maximum atomic E-state index is 4.67.